The second-order valence-corrected chi connectivity index (χ2v) is 4.97. The highest BCUT2D eigenvalue weighted by atomic mass is 15.2. The van der Waals surface area contributed by atoms with Gasteiger partial charge in [-0.05, 0) is 65.3 Å². The Labute approximate surface area is 88.3 Å². The van der Waals surface area contributed by atoms with Gasteiger partial charge in [0.15, 0.2) is 0 Å². The summed E-state index contributed by atoms with van der Waals surface area (Å²) < 4.78 is 0. The predicted molar refractivity (Wildman–Crippen MR) is 60.6 cm³/mol. The van der Waals surface area contributed by atoms with Gasteiger partial charge in [0.25, 0.3) is 0 Å². The molecule has 0 bridgehead atoms. The van der Waals surface area contributed by atoms with Crippen LogP contribution in [0.25, 0.3) is 0 Å². The lowest BCUT2D eigenvalue weighted by Gasteiger charge is -2.27. The van der Waals surface area contributed by atoms with Gasteiger partial charge >= 0.3 is 0 Å². The van der Waals surface area contributed by atoms with Crippen LogP contribution in [0.1, 0.15) is 38.5 Å². The highest BCUT2D eigenvalue weighted by Crippen LogP contribution is 2.25. The zero-order chi connectivity index (χ0) is 9.80. The average molecular weight is 196 g/mol. The molecule has 82 valence electrons. The van der Waals surface area contributed by atoms with Crippen molar-refractivity contribution in [3.8, 4) is 0 Å². The molecule has 2 rings (SSSR count). The lowest BCUT2D eigenvalue weighted by Crippen LogP contribution is -2.33. The molecule has 2 fully saturated rings. The van der Waals surface area contributed by atoms with E-state index in [1.165, 1.54) is 64.7 Å². The van der Waals surface area contributed by atoms with Crippen molar-refractivity contribution in [3.05, 3.63) is 0 Å². The first-order valence-corrected chi connectivity index (χ1v) is 6.29. The first-order valence-electron chi connectivity index (χ1n) is 6.29. The number of rotatable bonds is 5. The Morgan fingerprint density at radius 3 is 2.50 bits per heavy atom. The van der Waals surface area contributed by atoms with E-state index in [0.717, 1.165) is 6.04 Å². The van der Waals surface area contributed by atoms with Crippen LogP contribution in [-0.4, -0.2) is 49.1 Å². The second kappa shape index (κ2) is 5.13. The molecule has 1 saturated carbocycles. The standard InChI is InChI=1S/C12H24N2/c1-13(12-6-7-12)8-5-11-14-9-3-2-4-10-14/h12H,2-11H2,1H3. The van der Waals surface area contributed by atoms with E-state index in [9.17, 15) is 0 Å². The lowest BCUT2D eigenvalue weighted by atomic mass is 10.1. The zero-order valence-corrected chi connectivity index (χ0v) is 9.54. The third kappa shape index (κ3) is 3.25. The quantitative estimate of drug-likeness (QED) is 0.663. The summed E-state index contributed by atoms with van der Waals surface area (Å²) in [4.78, 5) is 5.19. The Bertz CT molecular complexity index is 160. The van der Waals surface area contributed by atoms with Gasteiger partial charge in [-0.15, -0.1) is 0 Å². The maximum Gasteiger partial charge on any atom is 0.00933 e. The molecule has 1 aliphatic carbocycles. The third-order valence-corrected chi connectivity index (χ3v) is 3.60. The molecule has 0 aromatic rings. The van der Waals surface area contributed by atoms with Gasteiger partial charge in [0, 0.05) is 6.04 Å². The van der Waals surface area contributed by atoms with Gasteiger partial charge in [-0.3, -0.25) is 0 Å². The number of hydrogen-bond acceptors (Lipinski definition) is 2. The Morgan fingerprint density at radius 2 is 1.86 bits per heavy atom. The van der Waals surface area contributed by atoms with Gasteiger partial charge in [-0.25, -0.2) is 0 Å². The van der Waals surface area contributed by atoms with Crippen LogP contribution >= 0.6 is 0 Å². The highest BCUT2D eigenvalue weighted by Gasteiger charge is 2.25. The largest absolute Gasteiger partial charge is 0.303 e. The zero-order valence-electron chi connectivity index (χ0n) is 9.54. The fraction of sp³-hybridized carbons (Fsp3) is 1.00. The van der Waals surface area contributed by atoms with Crippen LogP contribution in [0.15, 0.2) is 0 Å². The van der Waals surface area contributed by atoms with Gasteiger partial charge in [-0.2, -0.15) is 0 Å². The fourth-order valence-corrected chi connectivity index (χ4v) is 2.42. The van der Waals surface area contributed by atoms with Crippen LogP contribution < -0.4 is 0 Å². The minimum absolute atomic E-state index is 0.941. The van der Waals surface area contributed by atoms with E-state index in [1.807, 2.05) is 0 Å². The molecule has 2 aliphatic rings. The average Bonchev–Trinajstić information content (AvgIpc) is 3.02. The summed E-state index contributed by atoms with van der Waals surface area (Å²) in [5, 5.41) is 0. The Hall–Kier alpha value is -0.0800. The first kappa shape index (κ1) is 10.4. The van der Waals surface area contributed by atoms with Crippen LogP contribution in [0, 0.1) is 0 Å². The van der Waals surface area contributed by atoms with E-state index >= 15 is 0 Å². The van der Waals surface area contributed by atoms with Gasteiger partial charge in [0.2, 0.25) is 0 Å². The van der Waals surface area contributed by atoms with Crippen molar-refractivity contribution in [3.63, 3.8) is 0 Å². The van der Waals surface area contributed by atoms with E-state index in [4.69, 9.17) is 0 Å². The topological polar surface area (TPSA) is 6.48 Å². The molecule has 0 aromatic heterocycles. The number of likely N-dealkylation sites (tertiary alicyclic amines) is 1. The van der Waals surface area contributed by atoms with Crippen LogP contribution in [-0.2, 0) is 0 Å². The number of hydrogen-bond donors (Lipinski definition) is 0. The van der Waals surface area contributed by atoms with Crippen molar-refractivity contribution in [1.82, 2.24) is 9.80 Å². The van der Waals surface area contributed by atoms with E-state index in [0.29, 0.717) is 0 Å². The van der Waals surface area contributed by atoms with Crippen molar-refractivity contribution in [1.29, 1.82) is 0 Å². The molecular formula is C12H24N2. The second-order valence-electron chi connectivity index (χ2n) is 4.97. The van der Waals surface area contributed by atoms with Crippen molar-refractivity contribution < 1.29 is 0 Å². The molecule has 0 spiro atoms. The molecule has 1 heterocycles. The third-order valence-electron chi connectivity index (χ3n) is 3.60. The monoisotopic (exact) mass is 196 g/mol. The molecule has 1 aliphatic heterocycles. The fourth-order valence-electron chi connectivity index (χ4n) is 2.42. The van der Waals surface area contributed by atoms with Gasteiger partial charge < -0.3 is 9.80 Å². The molecule has 0 atom stereocenters. The molecular weight excluding hydrogens is 172 g/mol. The summed E-state index contributed by atoms with van der Waals surface area (Å²) in [6.07, 6.45) is 8.57. The molecule has 0 radical (unpaired) electrons. The molecule has 2 nitrogen and oxygen atoms in total. The summed E-state index contributed by atoms with van der Waals surface area (Å²) >= 11 is 0. The summed E-state index contributed by atoms with van der Waals surface area (Å²) in [6.45, 7) is 5.35. The van der Waals surface area contributed by atoms with E-state index in [1.54, 1.807) is 0 Å². The van der Waals surface area contributed by atoms with Gasteiger partial charge in [0.1, 0.15) is 0 Å². The minimum atomic E-state index is 0.941. The minimum Gasteiger partial charge on any atom is -0.303 e. The molecule has 2 heteroatoms. The Kier molecular flexibility index (Phi) is 3.82. The van der Waals surface area contributed by atoms with Crippen LogP contribution in [0.4, 0.5) is 0 Å². The van der Waals surface area contributed by atoms with Crippen LogP contribution in [0.5, 0.6) is 0 Å². The summed E-state index contributed by atoms with van der Waals surface area (Å²) in [7, 11) is 2.29. The van der Waals surface area contributed by atoms with Crippen LogP contribution in [0.2, 0.25) is 0 Å². The summed E-state index contributed by atoms with van der Waals surface area (Å²) in [6, 6.07) is 0.941. The van der Waals surface area contributed by atoms with Crippen molar-refractivity contribution in [2.24, 2.45) is 0 Å². The van der Waals surface area contributed by atoms with Crippen molar-refractivity contribution >= 4 is 0 Å². The summed E-state index contributed by atoms with van der Waals surface area (Å²) in [5.41, 5.74) is 0. The first-order chi connectivity index (χ1) is 6.86. The smallest absolute Gasteiger partial charge is 0.00933 e. The molecule has 14 heavy (non-hydrogen) atoms. The van der Waals surface area contributed by atoms with E-state index in [-0.39, 0.29) is 0 Å². The van der Waals surface area contributed by atoms with Crippen molar-refractivity contribution in [2.45, 2.75) is 44.6 Å². The highest BCUT2D eigenvalue weighted by molar-refractivity contribution is 4.82. The van der Waals surface area contributed by atoms with Crippen molar-refractivity contribution in [2.75, 3.05) is 33.2 Å². The lowest BCUT2D eigenvalue weighted by molar-refractivity contribution is 0.210. The molecule has 0 amide bonds. The summed E-state index contributed by atoms with van der Waals surface area (Å²) in [5.74, 6) is 0. The van der Waals surface area contributed by atoms with E-state index in [2.05, 4.69) is 16.8 Å². The van der Waals surface area contributed by atoms with Gasteiger partial charge in [0.05, 0.1) is 0 Å². The maximum atomic E-state index is 2.64. The SMILES string of the molecule is CN(CCCN1CCCCC1)C1CC1. The van der Waals surface area contributed by atoms with Gasteiger partial charge in [-0.1, -0.05) is 6.42 Å². The number of piperidine rings is 1. The molecule has 0 aromatic carbocycles. The molecule has 0 unspecified atom stereocenters. The Balaban J connectivity index is 1.52. The molecule has 1 saturated heterocycles. The van der Waals surface area contributed by atoms with E-state index < -0.39 is 0 Å². The Morgan fingerprint density at radius 1 is 1.14 bits per heavy atom. The number of nitrogens with zero attached hydrogens (tertiary/aromatic N) is 2. The normalized spacial score (nSPS) is 24.4. The van der Waals surface area contributed by atoms with Crippen LogP contribution in [0.3, 0.4) is 0 Å². The predicted octanol–water partition coefficient (Wildman–Crippen LogP) is 1.96. The molecule has 0 N–H and O–H groups in total. The maximum absolute atomic E-state index is 2.64.